The normalized spacial score (nSPS) is 11.3. The molecule has 0 radical (unpaired) electrons. The third-order valence-corrected chi connectivity index (χ3v) is 6.37. The van der Waals surface area contributed by atoms with Gasteiger partial charge in [0.05, 0.1) is 15.6 Å². The van der Waals surface area contributed by atoms with Crippen LogP contribution in [0.4, 0.5) is 5.69 Å². The molecular weight excluding hydrogens is 437 g/mol. The van der Waals surface area contributed by atoms with Gasteiger partial charge in [-0.05, 0) is 30.3 Å². The number of nitrogens with zero attached hydrogens (tertiary/aromatic N) is 1. The summed E-state index contributed by atoms with van der Waals surface area (Å²) in [4.78, 5) is 23.8. The molecule has 0 aromatic heterocycles. The molecule has 0 aliphatic carbocycles. The summed E-state index contributed by atoms with van der Waals surface area (Å²) >= 11 is 12.1. The van der Waals surface area contributed by atoms with Crippen LogP contribution >= 0.6 is 23.2 Å². The second kappa shape index (κ2) is 8.02. The Balaban J connectivity index is 2.30. The number of hydrogen-bond acceptors (Lipinski definition) is 5. The summed E-state index contributed by atoms with van der Waals surface area (Å²) in [6, 6.07) is 13.3. The van der Waals surface area contributed by atoms with Crippen molar-refractivity contribution in [1.82, 2.24) is 0 Å². The Kier molecular flexibility index (Phi) is 5.84. The second-order valence-electron chi connectivity index (χ2n) is 6.09. The Labute approximate surface area is 177 Å². The number of carbonyl (C=O) groups excluding carboxylic acids is 2. The highest BCUT2D eigenvalue weighted by atomic mass is 35.5. The third-order valence-electron chi connectivity index (χ3n) is 4.03. The van der Waals surface area contributed by atoms with Gasteiger partial charge in [-0.3, -0.25) is 9.59 Å². The fourth-order valence-corrected chi connectivity index (χ4v) is 4.70. The molecule has 3 aromatic carbocycles. The molecule has 1 amide bonds. The molecule has 0 spiro atoms. The molecule has 6 nitrogen and oxygen atoms in total. The van der Waals surface area contributed by atoms with Crippen LogP contribution in [0.1, 0.15) is 13.8 Å². The summed E-state index contributed by atoms with van der Waals surface area (Å²) in [7, 11) is -4.26. The van der Waals surface area contributed by atoms with E-state index in [1.165, 1.54) is 37.3 Å². The Hall–Kier alpha value is -2.61. The topological polar surface area (TPSA) is 80.8 Å². The Bertz CT molecular complexity index is 1220. The van der Waals surface area contributed by atoms with Crippen LogP contribution in [0.2, 0.25) is 10.0 Å². The van der Waals surface area contributed by atoms with E-state index in [0.717, 1.165) is 6.92 Å². The van der Waals surface area contributed by atoms with Crippen LogP contribution in [0.15, 0.2) is 59.5 Å². The molecule has 150 valence electrons. The van der Waals surface area contributed by atoms with Crippen LogP contribution in [-0.2, 0) is 19.6 Å². The lowest BCUT2D eigenvalue weighted by molar-refractivity contribution is -0.131. The van der Waals surface area contributed by atoms with Gasteiger partial charge in [-0.2, -0.15) is 0 Å². The summed E-state index contributed by atoms with van der Waals surface area (Å²) in [5.41, 5.74) is 0.0453. The zero-order valence-corrected chi connectivity index (χ0v) is 17.7. The number of rotatable bonds is 4. The first-order valence-electron chi connectivity index (χ1n) is 8.34. The Morgan fingerprint density at radius 3 is 2.07 bits per heavy atom. The van der Waals surface area contributed by atoms with E-state index in [2.05, 4.69) is 0 Å². The van der Waals surface area contributed by atoms with Crippen LogP contribution in [0.3, 0.4) is 0 Å². The first kappa shape index (κ1) is 21.1. The Morgan fingerprint density at radius 1 is 0.931 bits per heavy atom. The van der Waals surface area contributed by atoms with Crippen molar-refractivity contribution in [2.24, 2.45) is 0 Å². The lowest BCUT2D eigenvalue weighted by Crippen LogP contribution is -2.35. The molecule has 29 heavy (non-hydrogen) atoms. The lowest BCUT2D eigenvalue weighted by atomic mass is 10.1. The quantitative estimate of drug-likeness (QED) is 0.419. The highest BCUT2D eigenvalue weighted by Gasteiger charge is 2.31. The summed E-state index contributed by atoms with van der Waals surface area (Å²) in [5.74, 6) is -1.23. The van der Waals surface area contributed by atoms with Crippen molar-refractivity contribution in [3.8, 4) is 5.75 Å². The summed E-state index contributed by atoms with van der Waals surface area (Å²) in [6.07, 6.45) is 0. The van der Waals surface area contributed by atoms with Gasteiger partial charge in [-0.1, -0.05) is 47.5 Å². The average molecular weight is 452 g/mol. The molecule has 0 N–H and O–H groups in total. The third kappa shape index (κ3) is 4.07. The van der Waals surface area contributed by atoms with Crippen LogP contribution < -0.4 is 9.04 Å². The van der Waals surface area contributed by atoms with Crippen molar-refractivity contribution in [3.05, 3.63) is 64.6 Å². The van der Waals surface area contributed by atoms with E-state index in [0.29, 0.717) is 20.1 Å². The van der Waals surface area contributed by atoms with Gasteiger partial charge in [0, 0.05) is 29.6 Å². The monoisotopic (exact) mass is 451 g/mol. The number of ether oxygens (including phenoxy) is 1. The molecule has 3 rings (SSSR count). The van der Waals surface area contributed by atoms with E-state index >= 15 is 0 Å². The minimum absolute atomic E-state index is 0.00791. The molecule has 0 saturated heterocycles. The zero-order valence-electron chi connectivity index (χ0n) is 15.3. The van der Waals surface area contributed by atoms with Crippen LogP contribution in [0.25, 0.3) is 10.8 Å². The van der Waals surface area contributed by atoms with Crippen molar-refractivity contribution in [2.45, 2.75) is 18.7 Å². The van der Waals surface area contributed by atoms with E-state index < -0.39 is 21.9 Å². The van der Waals surface area contributed by atoms with Crippen molar-refractivity contribution < 1.29 is 22.7 Å². The van der Waals surface area contributed by atoms with E-state index in [-0.39, 0.29) is 21.4 Å². The average Bonchev–Trinajstić information content (AvgIpc) is 2.64. The number of anilines is 1. The standard InChI is InChI=1S/C20H15Cl2NO5S/c1-12(24)23(29(26,27)15-9-7-14(21)8-10-15)19-11-18(22)20(28-13(2)25)17-6-4-3-5-16(17)19/h3-11H,1-2H3. The largest absolute Gasteiger partial charge is 0.424 e. The summed E-state index contributed by atoms with van der Waals surface area (Å²) in [5, 5.41) is 1.12. The van der Waals surface area contributed by atoms with Crippen LogP contribution in [0.5, 0.6) is 5.75 Å². The first-order valence-corrected chi connectivity index (χ1v) is 10.5. The van der Waals surface area contributed by atoms with E-state index in [1.807, 2.05) is 0 Å². The van der Waals surface area contributed by atoms with Crippen molar-refractivity contribution in [1.29, 1.82) is 0 Å². The number of carbonyl (C=O) groups is 2. The molecule has 0 unspecified atom stereocenters. The molecule has 0 atom stereocenters. The van der Waals surface area contributed by atoms with Gasteiger partial charge < -0.3 is 4.74 Å². The maximum absolute atomic E-state index is 13.2. The molecule has 0 fully saturated rings. The minimum atomic E-state index is -4.26. The molecular formula is C20H15Cl2NO5S. The van der Waals surface area contributed by atoms with Gasteiger partial charge >= 0.3 is 5.97 Å². The smallest absolute Gasteiger partial charge is 0.308 e. The molecule has 0 saturated carbocycles. The maximum atomic E-state index is 13.2. The fourth-order valence-electron chi connectivity index (χ4n) is 2.89. The summed E-state index contributed by atoms with van der Waals surface area (Å²) < 4.78 is 32.3. The van der Waals surface area contributed by atoms with Gasteiger partial charge in [0.25, 0.3) is 10.0 Å². The van der Waals surface area contributed by atoms with Gasteiger partial charge in [0.15, 0.2) is 5.75 Å². The SMILES string of the molecule is CC(=O)Oc1c(Cl)cc(N(C(C)=O)S(=O)(=O)c2ccc(Cl)cc2)c2ccccc12. The van der Waals surface area contributed by atoms with Gasteiger partial charge in [-0.15, -0.1) is 0 Å². The predicted molar refractivity (Wildman–Crippen MR) is 112 cm³/mol. The number of hydrogen-bond donors (Lipinski definition) is 0. The number of sulfonamides is 1. The molecule has 0 bridgehead atoms. The van der Waals surface area contributed by atoms with Crippen LogP contribution in [0, 0.1) is 0 Å². The molecule has 0 heterocycles. The van der Waals surface area contributed by atoms with E-state index in [9.17, 15) is 18.0 Å². The number of benzene rings is 3. The number of halogens is 2. The number of esters is 1. The summed E-state index contributed by atoms with van der Waals surface area (Å²) in [6.45, 7) is 2.36. The number of fused-ring (bicyclic) bond motifs is 1. The zero-order chi connectivity index (χ0) is 21.3. The minimum Gasteiger partial charge on any atom is -0.424 e. The first-order chi connectivity index (χ1) is 13.6. The molecule has 0 aliphatic heterocycles. The second-order valence-corrected chi connectivity index (χ2v) is 8.72. The van der Waals surface area contributed by atoms with E-state index in [4.69, 9.17) is 27.9 Å². The van der Waals surface area contributed by atoms with E-state index in [1.54, 1.807) is 24.3 Å². The molecule has 3 aromatic rings. The van der Waals surface area contributed by atoms with Gasteiger partial charge in [-0.25, -0.2) is 12.7 Å². The van der Waals surface area contributed by atoms with Crippen LogP contribution in [-0.4, -0.2) is 20.3 Å². The van der Waals surface area contributed by atoms with Crippen molar-refractivity contribution >= 4 is 61.6 Å². The molecule has 9 heteroatoms. The van der Waals surface area contributed by atoms with Crippen molar-refractivity contribution in [2.75, 3.05) is 4.31 Å². The van der Waals surface area contributed by atoms with Gasteiger partial charge in [0.2, 0.25) is 5.91 Å². The fraction of sp³-hybridized carbons (Fsp3) is 0.100. The Morgan fingerprint density at radius 2 is 1.52 bits per heavy atom. The highest BCUT2D eigenvalue weighted by molar-refractivity contribution is 7.93. The maximum Gasteiger partial charge on any atom is 0.308 e. The predicted octanol–water partition coefficient (Wildman–Crippen LogP) is 4.81. The highest BCUT2D eigenvalue weighted by Crippen LogP contribution is 2.41. The van der Waals surface area contributed by atoms with Gasteiger partial charge in [0.1, 0.15) is 0 Å². The molecule has 0 aliphatic rings. The van der Waals surface area contributed by atoms with Crippen molar-refractivity contribution in [3.63, 3.8) is 0 Å². The number of amides is 1. The lowest BCUT2D eigenvalue weighted by Gasteiger charge is -2.24.